The number of aryl methyl sites for hydroxylation is 1. The monoisotopic (exact) mass is 406 g/mol. The Morgan fingerprint density at radius 2 is 1.77 bits per heavy atom. The third-order valence-electron chi connectivity index (χ3n) is 6.26. The Bertz CT molecular complexity index is 804. The summed E-state index contributed by atoms with van der Waals surface area (Å²) in [7, 11) is 0. The van der Waals surface area contributed by atoms with Crippen LogP contribution in [0.3, 0.4) is 0 Å². The smallest absolute Gasteiger partial charge is 0.327 e. The van der Waals surface area contributed by atoms with Crippen molar-refractivity contribution in [1.82, 2.24) is 9.97 Å². The van der Waals surface area contributed by atoms with Crippen LogP contribution in [-0.2, 0) is 11.2 Å². The Balaban J connectivity index is 1.48. The van der Waals surface area contributed by atoms with Crippen LogP contribution in [0.1, 0.15) is 81.8 Å². The first kappa shape index (κ1) is 22.2. The lowest BCUT2D eigenvalue weighted by atomic mass is 9.77. The van der Waals surface area contributed by atoms with Gasteiger partial charge in [-0.1, -0.05) is 50.1 Å². The van der Waals surface area contributed by atoms with Crippen molar-refractivity contribution in [3.63, 3.8) is 0 Å². The summed E-state index contributed by atoms with van der Waals surface area (Å²) >= 11 is 0. The summed E-state index contributed by atoms with van der Waals surface area (Å²) in [6, 6.07) is 8.80. The second kappa shape index (κ2) is 11.6. The molecule has 1 heterocycles. The van der Waals surface area contributed by atoms with Crippen LogP contribution in [-0.4, -0.2) is 21.0 Å². The number of carbonyl (C=O) groups is 1. The second-order valence-corrected chi connectivity index (χ2v) is 8.53. The first-order valence-electron chi connectivity index (χ1n) is 11.5. The van der Waals surface area contributed by atoms with Crippen LogP contribution in [0.5, 0.6) is 0 Å². The van der Waals surface area contributed by atoms with Crippen molar-refractivity contribution in [3.8, 4) is 11.4 Å². The first-order chi connectivity index (χ1) is 14.7. The maximum Gasteiger partial charge on any atom is 0.327 e. The Kier molecular flexibility index (Phi) is 8.61. The van der Waals surface area contributed by atoms with Gasteiger partial charge in [0.15, 0.2) is 5.82 Å². The van der Waals surface area contributed by atoms with E-state index in [0.717, 1.165) is 36.6 Å². The molecule has 0 bridgehead atoms. The van der Waals surface area contributed by atoms with Crippen molar-refractivity contribution in [3.05, 3.63) is 59.9 Å². The molecule has 0 amide bonds. The van der Waals surface area contributed by atoms with E-state index in [4.69, 9.17) is 5.11 Å². The Morgan fingerprint density at radius 1 is 1.07 bits per heavy atom. The summed E-state index contributed by atoms with van der Waals surface area (Å²) in [5, 5.41) is 8.66. The summed E-state index contributed by atoms with van der Waals surface area (Å²) in [6.45, 7) is 2.22. The third kappa shape index (κ3) is 6.79. The number of hydrogen-bond acceptors (Lipinski definition) is 3. The highest BCUT2D eigenvalue weighted by molar-refractivity contribution is 5.79. The van der Waals surface area contributed by atoms with Crippen molar-refractivity contribution >= 4 is 5.97 Å². The Hall–Kier alpha value is -2.49. The van der Waals surface area contributed by atoms with Gasteiger partial charge in [-0.3, -0.25) is 0 Å². The average molecular weight is 407 g/mol. The molecule has 2 aromatic rings. The normalized spacial score (nSPS) is 19.2. The lowest BCUT2D eigenvalue weighted by Gasteiger charge is -2.28. The molecular weight excluding hydrogens is 372 g/mol. The number of aliphatic carboxylic acids is 1. The molecule has 0 unspecified atom stereocenters. The highest BCUT2D eigenvalue weighted by Gasteiger charge is 2.22. The molecule has 1 aromatic heterocycles. The molecule has 0 saturated heterocycles. The molecular formula is C26H34N2O2. The summed E-state index contributed by atoms with van der Waals surface area (Å²) in [5.41, 5.74) is 3.72. The van der Waals surface area contributed by atoms with E-state index >= 15 is 0 Å². The molecule has 1 fully saturated rings. The molecule has 30 heavy (non-hydrogen) atoms. The topological polar surface area (TPSA) is 63.1 Å². The standard InChI is InChI=1S/C26H34N2O2/c1-2-3-4-8-21-18-27-26(28-19-21)24-16-14-23(15-17-24)22-12-10-20(11-13-22)7-5-6-9-25(29)30/h6,9,14-20,22H,2-5,7-8,10-13H2,1H3,(H,29,30)/b9-6+. The van der Waals surface area contributed by atoms with E-state index in [0.29, 0.717) is 5.92 Å². The molecule has 160 valence electrons. The highest BCUT2D eigenvalue weighted by Crippen LogP contribution is 2.37. The zero-order valence-electron chi connectivity index (χ0n) is 18.1. The third-order valence-corrected chi connectivity index (χ3v) is 6.26. The molecule has 1 aliphatic carbocycles. The summed E-state index contributed by atoms with van der Waals surface area (Å²) in [5.74, 6) is 1.31. The van der Waals surface area contributed by atoms with Crippen molar-refractivity contribution < 1.29 is 9.90 Å². The van der Waals surface area contributed by atoms with Crippen LogP contribution in [0.15, 0.2) is 48.8 Å². The zero-order chi connectivity index (χ0) is 21.2. The SMILES string of the molecule is CCCCCc1cnc(-c2ccc(C3CCC(CC/C=C/C(=O)O)CC3)cc2)nc1. The van der Waals surface area contributed by atoms with Crippen LogP contribution < -0.4 is 0 Å². The number of hydrogen-bond donors (Lipinski definition) is 1. The first-order valence-corrected chi connectivity index (χ1v) is 11.5. The predicted molar refractivity (Wildman–Crippen MR) is 121 cm³/mol. The predicted octanol–water partition coefficient (Wildman–Crippen LogP) is 6.57. The minimum atomic E-state index is -0.851. The van der Waals surface area contributed by atoms with Crippen molar-refractivity contribution in [1.29, 1.82) is 0 Å². The summed E-state index contributed by atoms with van der Waals surface area (Å²) in [4.78, 5) is 19.7. The highest BCUT2D eigenvalue weighted by atomic mass is 16.4. The van der Waals surface area contributed by atoms with E-state index in [1.54, 1.807) is 6.08 Å². The quantitative estimate of drug-likeness (QED) is 0.358. The number of aromatic nitrogens is 2. The average Bonchev–Trinajstić information content (AvgIpc) is 2.78. The molecule has 1 aromatic carbocycles. The largest absolute Gasteiger partial charge is 0.478 e. The van der Waals surface area contributed by atoms with Gasteiger partial charge in [-0.2, -0.15) is 0 Å². The number of carboxylic acids is 1. The van der Waals surface area contributed by atoms with E-state index in [2.05, 4.69) is 41.2 Å². The number of allylic oxidation sites excluding steroid dienone is 1. The molecule has 1 aliphatic rings. The number of benzene rings is 1. The van der Waals surface area contributed by atoms with Gasteiger partial charge in [0.2, 0.25) is 0 Å². The number of unbranched alkanes of at least 4 members (excludes halogenated alkanes) is 2. The fourth-order valence-electron chi connectivity index (χ4n) is 4.42. The Morgan fingerprint density at radius 3 is 2.40 bits per heavy atom. The van der Waals surface area contributed by atoms with Gasteiger partial charge in [-0.25, -0.2) is 14.8 Å². The fraction of sp³-hybridized carbons (Fsp3) is 0.500. The molecule has 0 atom stereocenters. The lowest BCUT2D eigenvalue weighted by molar-refractivity contribution is -0.131. The van der Waals surface area contributed by atoms with Crippen molar-refractivity contribution in [2.45, 2.75) is 77.0 Å². The van der Waals surface area contributed by atoms with E-state index in [1.165, 1.54) is 62.1 Å². The fourth-order valence-corrected chi connectivity index (χ4v) is 4.42. The molecule has 0 aliphatic heterocycles. The van der Waals surface area contributed by atoms with Crippen molar-refractivity contribution in [2.24, 2.45) is 5.92 Å². The van der Waals surface area contributed by atoms with Crippen LogP contribution in [0.4, 0.5) is 0 Å². The molecule has 4 nitrogen and oxygen atoms in total. The maximum absolute atomic E-state index is 10.5. The van der Waals surface area contributed by atoms with Gasteiger partial charge in [0.25, 0.3) is 0 Å². The minimum Gasteiger partial charge on any atom is -0.478 e. The summed E-state index contributed by atoms with van der Waals surface area (Å²) < 4.78 is 0. The van der Waals surface area contributed by atoms with Gasteiger partial charge in [-0.05, 0) is 74.3 Å². The number of nitrogens with zero attached hydrogens (tertiary/aromatic N) is 2. The van der Waals surface area contributed by atoms with Crippen LogP contribution >= 0.6 is 0 Å². The van der Waals surface area contributed by atoms with E-state index in [-0.39, 0.29) is 0 Å². The van der Waals surface area contributed by atoms with Gasteiger partial charge < -0.3 is 5.11 Å². The Labute approximate surface area is 180 Å². The van der Waals surface area contributed by atoms with Crippen LogP contribution in [0.2, 0.25) is 0 Å². The number of carboxylic acid groups (broad SMARTS) is 1. The molecule has 4 heteroatoms. The van der Waals surface area contributed by atoms with Gasteiger partial charge in [0.05, 0.1) is 0 Å². The molecule has 3 rings (SSSR count). The van der Waals surface area contributed by atoms with Crippen LogP contribution in [0, 0.1) is 5.92 Å². The van der Waals surface area contributed by atoms with Crippen molar-refractivity contribution in [2.75, 3.05) is 0 Å². The molecule has 0 radical (unpaired) electrons. The lowest BCUT2D eigenvalue weighted by Crippen LogP contribution is -2.13. The van der Waals surface area contributed by atoms with E-state index in [9.17, 15) is 4.79 Å². The van der Waals surface area contributed by atoms with Gasteiger partial charge in [0.1, 0.15) is 0 Å². The molecule has 1 saturated carbocycles. The van der Waals surface area contributed by atoms with E-state index < -0.39 is 5.97 Å². The van der Waals surface area contributed by atoms with Crippen LogP contribution in [0.25, 0.3) is 11.4 Å². The van der Waals surface area contributed by atoms with Gasteiger partial charge in [-0.15, -0.1) is 0 Å². The zero-order valence-corrected chi connectivity index (χ0v) is 18.1. The van der Waals surface area contributed by atoms with Gasteiger partial charge >= 0.3 is 5.97 Å². The van der Waals surface area contributed by atoms with E-state index in [1.807, 2.05) is 12.4 Å². The molecule has 0 spiro atoms. The number of rotatable bonds is 10. The second-order valence-electron chi connectivity index (χ2n) is 8.53. The summed E-state index contributed by atoms with van der Waals surface area (Å²) in [6.07, 6.45) is 18.6. The minimum absolute atomic E-state index is 0.631. The molecule has 1 N–H and O–H groups in total. The van der Waals surface area contributed by atoms with Gasteiger partial charge in [0, 0.05) is 24.0 Å². The maximum atomic E-state index is 10.5.